The van der Waals surface area contributed by atoms with Crippen LogP contribution in [0.5, 0.6) is 0 Å². The maximum absolute atomic E-state index is 11.7. The van der Waals surface area contributed by atoms with E-state index in [4.69, 9.17) is 10.00 Å². The van der Waals surface area contributed by atoms with Gasteiger partial charge in [-0.3, -0.25) is 0 Å². The molecule has 0 atom stereocenters. The molecular weight excluding hydrogens is 262 g/mol. The van der Waals surface area contributed by atoms with Crippen molar-refractivity contribution in [1.29, 1.82) is 5.26 Å². The minimum atomic E-state index is -0.477. The Morgan fingerprint density at radius 1 is 1.53 bits per heavy atom. The zero-order valence-corrected chi connectivity index (χ0v) is 11.1. The molecule has 1 aromatic carbocycles. The molecule has 5 nitrogen and oxygen atoms in total. The van der Waals surface area contributed by atoms with Gasteiger partial charge in [0.05, 0.1) is 18.4 Å². The number of nitriles is 1. The van der Waals surface area contributed by atoms with Gasteiger partial charge in [0.2, 0.25) is 5.04 Å². The number of rotatable bonds is 3. The Kier molecular flexibility index (Phi) is 4.21. The van der Waals surface area contributed by atoms with Crippen molar-refractivity contribution in [2.75, 3.05) is 11.6 Å². The fraction of sp³-hybridized carbons (Fsp3) is 0.154. The van der Waals surface area contributed by atoms with E-state index in [2.05, 4.69) is 5.10 Å². The van der Waals surface area contributed by atoms with Crippen molar-refractivity contribution in [1.82, 2.24) is 0 Å². The highest BCUT2D eigenvalue weighted by atomic mass is 32.2. The van der Waals surface area contributed by atoms with Crippen molar-refractivity contribution in [3.8, 4) is 6.07 Å². The van der Waals surface area contributed by atoms with Crippen LogP contribution in [0.1, 0.15) is 6.92 Å². The number of carbonyl (C=O) groups excluding carboxylic acids is 1. The second-order valence-electron chi connectivity index (χ2n) is 3.49. The first-order valence-corrected chi connectivity index (χ1v) is 6.46. The van der Waals surface area contributed by atoms with Gasteiger partial charge in [0, 0.05) is 6.08 Å². The number of carbonyl (C=O) groups is 1. The zero-order chi connectivity index (χ0) is 13.7. The number of hydrogen-bond acceptors (Lipinski definition) is 6. The highest BCUT2D eigenvalue weighted by Crippen LogP contribution is 2.34. The van der Waals surface area contributed by atoms with Gasteiger partial charge in [-0.2, -0.15) is 10.4 Å². The SMILES string of the molecule is CCOC(=O)C1=NN(c2ccccc2)/C(=C/C#N)S1. The van der Waals surface area contributed by atoms with Crippen LogP contribution in [0.4, 0.5) is 5.69 Å². The first kappa shape index (κ1) is 13.2. The third-order valence-corrected chi connectivity index (χ3v) is 3.18. The standard InChI is InChI=1S/C13H11N3O2S/c1-2-18-13(17)12-15-16(11(19-12)8-9-14)10-6-4-3-5-7-10/h3-8H,2H2,1H3/b11-8-. The molecule has 0 saturated carbocycles. The Labute approximate surface area is 115 Å². The van der Waals surface area contributed by atoms with Gasteiger partial charge in [-0.1, -0.05) is 18.2 Å². The summed E-state index contributed by atoms with van der Waals surface area (Å²) in [7, 11) is 0. The monoisotopic (exact) mass is 273 g/mol. The third-order valence-electron chi connectivity index (χ3n) is 2.24. The molecular formula is C13H11N3O2S. The summed E-state index contributed by atoms with van der Waals surface area (Å²) >= 11 is 1.13. The quantitative estimate of drug-likeness (QED) is 0.625. The normalized spacial score (nSPS) is 16.1. The summed E-state index contributed by atoms with van der Waals surface area (Å²) in [6, 6.07) is 11.3. The Hall–Kier alpha value is -2.26. The van der Waals surface area contributed by atoms with Gasteiger partial charge in [0.15, 0.2) is 0 Å². The maximum Gasteiger partial charge on any atom is 0.365 e. The van der Waals surface area contributed by atoms with Gasteiger partial charge < -0.3 is 4.74 Å². The van der Waals surface area contributed by atoms with E-state index in [0.29, 0.717) is 11.6 Å². The predicted molar refractivity (Wildman–Crippen MR) is 74.3 cm³/mol. The maximum atomic E-state index is 11.7. The molecule has 0 radical (unpaired) electrons. The average Bonchev–Trinajstić information content (AvgIpc) is 2.85. The Balaban J connectivity index is 2.31. The molecule has 19 heavy (non-hydrogen) atoms. The lowest BCUT2D eigenvalue weighted by Gasteiger charge is -2.13. The zero-order valence-electron chi connectivity index (χ0n) is 10.2. The summed E-state index contributed by atoms with van der Waals surface area (Å²) in [5, 5.41) is 15.3. The smallest absolute Gasteiger partial charge is 0.365 e. The van der Waals surface area contributed by atoms with Gasteiger partial charge in [-0.25, -0.2) is 9.80 Å². The van der Waals surface area contributed by atoms with E-state index in [1.807, 2.05) is 36.4 Å². The van der Waals surface area contributed by atoms with E-state index >= 15 is 0 Å². The van der Waals surface area contributed by atoms with Crippen LogP contribution in [-0.2, 0) is 9.53 Å². The summed E-state index contributed by atoms with van der Waals surface area (Å²) in [5.41, 5.74) is 0.788. The van der Waals surface area contributed by atoms with Crippen molar-refractivity contribution in [3.63, 3.8) is 0 Å². The van der Waals surface area contributed by atoms with Gasteiger partial charge in [0.25, 0.3) is 0 Å². The molecule has 0 N–H and O–H groups in total. The molecule has 0 amide bonds. The van der Waals surface area contributed by atoms with E-state index in [1.165, 1.54) is 6.08 Å². The number of nitrogens with zero attached hydrogens (tertiary/aromatic N) is 3. The summed E-state index contributed by atoms with van der Waals surface area (Å²) in [6.45, 7) is 2.03. The first-order chi connectivity index (χ1) is 9.26. The van der Waals surface area contributed by atoms with Crippen molar-refractivity contribution in [3.05, 3.63) is 41.4 Å². The Morgan fingerprint density at radius 2 is 2.26 bits per heavy atom. The fourth-order valence-electron chi connectivity index (χ4n) is 1.48. The summed E-state index contributed by atoms with van der Waals surface area (Å²) in [5.74, 6) is -0.477. The number of thioether (sulfide) groups is 1. The van der Waals surface area contributed by atoms with Crippen molar-refractivity contribution >= 4 is 28.5 Å². The average molecular weight is 273 g/mol. The van der Waals surface area contributed by atoms with E-state index in [9.17, 15) is 4.79 Å². The predicted octanol–water partition coefficient (Wildman–Crippen LogP) is 2.48. The van der Waals surface area contributed by atoms with Crippen LogP contribution in [0.3, 0.4) is 0 Å². The number of hydrazone groups is 1. The van der Waals surface area contributed by atoms with Crippen LogP contribution in [-0.4, -0.2) is 17.6 Å². The Bertz CT molecular complexity index is 575. The number of esters is 1. The van der Waals surface area contributed by atoms with Crippen molar-refractivity contribution in [2.24, 2.45) is 5.10 Å². The van der Waals surface area contributed by atoms with Gasteiger partial charge in [-0.05, 0) is 30.8 Å². The molecule has 1 heterocycles. The number of anilines is 1. The van der Waals surface area contributed by atoms with E-state index in [-0.39, 0.29) is 5.04 Å². The van der Waals surface area contributed by atoms with Crippen molar-refractivity contribution in [2.45, 2.75) is 6.92 Å². The highest BCUT2D eigenvalue weighted by Gasteiger charge is 2.28. The minimum absolute atomic E-state index is 0.229. The summed E-state index contributed by atoms with van der Waals surface area (Å²) in [4.78, 5) is 11.7. The lowest BCUT2D eigenvalue weighted by atomic mass is 10.3. The molecule has 0 aliphatic carbocycles. The molecule has 1 aliphatic rings. The Morgan fingerprint density at radius 3 is 2.89 bits per heavy atom. The lowest BCUT2D eigenvalue weighted by Crippen LogP contribution is -2.13. The topological polar surface area (TPSA) is 65.7 Å². The number of ether oxygens (including phenoxy) is 1. The molecule has 0 unspecified atom stereocenters. The third kappa shape index (κ3) is 2.95. The van der Waals surface area contributed by atoms with Crippen LogP contribution >= 0.6 is 11.8 Å². The highest BCUT2D eigenvalue weighted by molar-refractivity contribution is 8.19. The largest absolute Gasteiger partial charge is 0.461 e. The molecule has 0 aromatic heterocycles. The van der Waals surface area contributed by atoms with Crippen LogP contribution in [0.15, 0.2) is 46.5 Å². The van der Waals surface area contributed by atoms with Crippen LogP contribution in [0, 0.1) is 11.3 Å². The molecule has 2 rings (SSSR count). The molecule has 0 spiro atoms. The minimum Gasteiger partial charge on any atom is -0.461 e. The second-order valence-corrected chi connectivity index (χ2v) is 4.50. The van der Waals surface area contributed by atoms with E-state index in [1.54, 1.807) is 11.9 Å². The van der Waals surface area contributed by atoms with Crippen LogP contribution in [0.25, 0.3) is 0 Å². The van der Waals surface area contributed by atoms with Gasteiger partial charge >= 0.3 is 5.97 Å². The number of para-hydroxylation sites is 1. The van der Waals surface area contributed by atoms with Gasteiger partial charge in [0.1, 0.15) is 5.03 Å². The number of hydrogen-bond donors (Lipinski definition) is 0. The fourth-order valence-corrected chi connectivity index (χ4v) is 2.29. The molecule has 0 bridgehead atoms. The summed E-state index contributed by atoms with van der Waals surface area (Å²) < 4.78 is 4.91. The molecule has 1 aromatic rings. The molecule has 0 saturated heterocycles. The molecule has 96 valence electrons. The lowest BCUT2D eigenvalue weighted by molar-refractivity contribution is -0.134. The van der Waals surface area contributed by atoms with E-state index < -0.39 is 5.97 Å². The number of allylic oxidation sites excluding steroid dienone is 1. The van der Waals surface area contributed by atoms with E-state index in [0.717, 1.165) is 17.4 Å². The van der Waals surface area contributed by atoms with Crippen LogP contribution < -0.4 is 5.01 Å². The molecule has 1 aliphatic heterocycles. The second kappa shape index (κ2) is 6.07. The van der Waals surface area contributed by atoms with Gasteiger partial charge in [-0.15, -0.1) is 0 Å². The number of benzene rings is 1. The molecule has 0 fully saturated rings. The van der Waals surface area contributed by atoms with Crippen molar-refractivity contribution < 1.29 is 9.53 Å². The summed E-state index contributed by atoms with van der Waals surface area (Å²) in [6.07, 6.45) is 1.35. The van der Waals surface area contributed by atoms with Crippen LogP contribution in [0.2, 0.25) is 0 Å². The first-order valence-electron chi connectivity index (χ1n) is 5.64. The molecule has 6 heteroatoms.